The van der Waals surface area contributed by atoms with Crippen LogP contribution in [0.1, 0.15) is 29.7 Å². The van der Waals surface area contributed by atoms with Crippen LogP contribution in [0.5, 0.6) is 0 Å². The second-order valence-electron chi connectivity index (χ2n) is 4.58. The number of nitrogens with one attached hydrogen (secondary N) is 1. The number of benzene rings is 2. The van der Waals surface area contributed by atoms with Crippen LogP contribution in [0, 0.1) is 11.3 Å². The van der Waals surface area contributed by atoms with Crippen LogP contribution in [-0.4, -0.2) is 0 Å². The van der Waals surface area contributed by atoms with Gasteiger partial charge in [-0.15, -0.1) is 0 Å². The molecule has 2 nitrogen and oxygen atoms in total. The van der Waals surface area contributed by atoms with Crippen molar-refractivity contribution >= 4 is 31.9 Å². The number of hydrogen-bond acceptors (Lipinski definition) is 2. The Hall–Kier alpha value is -1.15. The van der Waals surface area contributed by atoms with E-state index in [1.165, 1.54) is 11.1 Å². The van der Waals surface area contributed by atoms with Gasteiger partial charge in [0.15, 0.2) is 0 Å². The highest BCUT2D eigenvalue weighted by Crippen LogP contribution is 2.24. The fourth-order valence-electron chi connectivity index (χ4n) is 1.88. The summed E-state index contributed by atoms with van der Waals surface area (Å²) in [6, 6.07) is 16.3. The maximum Gasteiger partial charge on any atom is 0.0991 e. The van der Waals surface area contributed by atoms with Crippen LogP contribution < -0.4 is 5.32 Å². The second-order valence-corrected chi connectivity index (χ2v) is 6.29. The van der Waals surface area contributed by atoms with E-state index < -0.39 is 0 Å². The lowest BCUT2D eigenvalue weighted by atomic mass is 10.1. The predicted molar refractivity (Wildman–Crippen MR) is 88.3 cm³/mol. The van der Waals surface area contributed by atoms with E-state index in [0.717, 1.165) is 15.5 Å². The van der Waals surface area contributed by atoms with Crippen LogP contribution in [-0.2, 0) is 6.54 Å². The molecule has 0 radical (unpaired) electrons. The summed E-state index contributed by atoms with van der Waals surface area (Å²) < 4.78 is 2.12. The molecule has 0 bridgehead atoms. The standard InChI is InChI=1S/C16H14Br2N2/c1-11(14-5-2-12(9-19)3-6-14)20-10-13-4-7-15(17)16(18)8-13/h2-8,11,20H,10H2,1H3. The topological polar surface area (TPSA) is 35.8 Å². The van der Waals surface area contributed by atoms with Gasteiger partial charge in [0.25, 0.3) is 0 Å². The van der Waals surface area contributed by atoms with E-state index in [1.807, 2.05) is 30.3 Å². The van der Waals surface area contributed by atoms with Crippen LogP contribution in [0.25, 0.3) is 0 Å². The summed E-state index contributed by atoms with van der Waals surface area (Å²) in [5.41, 5.74) is 3.10. The van der Waals surface area contributed by atoms with Crippen LogP contribution in [0.15, 0.2) is 51.4 Å². The van der Waals surface area contributed by atoms with Gasteiger partial charge in [-0.25, -0.2) is 0 Å². The third-order valence-corrected chi connectivity index (χ3v) is 5.02. The molecule has 0 spiro atoms. The molecule has 20 heavy (non-hydrogen) atoms. The lowest BCUT2D eigenvalue weighted by molar-refractivity contribution is 0.574. The van der Waals surface area contributed by atoms with Gasteiger partial charge in [0.1, 0.15) is 0 Å². The van der Waals surface area contributed by atoms with Crippen molar-refractivity contribution in [3.05, 3.63) is 68.1 Å². The van der Waals surface area contributed by atoms with E-state index in [2.05, 4.69) is 62.3 Å². The summed E-state index contributed by atoms with van der Waals surface area (Å²) in [6.07, 6.45) is 0. The fourth-order valence-corrected chi connectivity index (χ4v) is 2.56. The fraction of sp³-hybridized carbons (Fsp3) is 0.188. The minimum atomic E-state index is 0.241. The van der Waals surface area contributed by atoms with E-state index in [0.29, 0.717) is 5.56 Å². The normalized spacial score (nSPS) is 11.9. The van der Waals surface area contributed by atoms with Gasteiger partial charge >= 0.3 is 0 Å². The minimum Gasteiger partial charge on any atom is -0.306 e. The van der Waals surface area contributed by atoms with Gasteiger partial charge in [-0.05, 0) is 74.2 Å². The molecular formula is C16H14Br2N2. The molecule has 1 unspecified atom stereocenters. The predicted octanol–water partition coefficient (Wildman–Crippen LogP) is 4.93. The van der Waals surface area contributed by atoms with Crippen molar-refractivity contribution in [1.82, 2.24) is 5.32 Å². The summed E-state index contributed by atoms with van der Waals surface area (Å²) in [7, 11) is 0. The molecule has 2 aromatic rings. The highest BCUT2D eigenvalue weighted by Gasteiger charge is 2.05. The summed E-state index contributed by atoms with van der Waals surface area (Å²) in [4.78, 5) is 0. The van der Waals surface area contributed by atoms with Crippen molar-refractivity contribution in [2.75, 3.05) is 0 Å². The van der Waals surface area contributed by atoms with Crippen molar-refractivity contribution in [3.63, 3.8) is 0 Å². The van der Waals surface area contributed by atoms with Crippen LogP contribution in [0.4, 0.5) is 0 Å². The first-order valence-corrected chi connectivity index (χ1v) is 7.86. The molecular weight excluding hydrogens is 380 g/mol. The van der Waals surface area contributed by atoms with Crippen molar-refractivity contribution < 1.29 is 0 Å². The van der Waals surface area contributed by atoms with Gasteiger partial charge in [-0.3, -0.25) is 0 Å². The van der Waals surface area contributed by atoms with Crippen molar-refractivity contribution in [2.45, 2.75) is 19.5 Å². The molecule has 0 saturated carbocycles. The number of nitriles is 1. The lowest BCUT2D eigenvalue weighted by Crippen LogP contribution is -2.18. The highest BCUT2D eigenvalue weighted by atomic mass is 79.9. The molecule has 0 fully saturated rings. The van der Waals surface area contributed by atoms with E-state index in [9.17, 15) is 0 Å². The van der Waals surface area contributed by atoms with Crippen LogP contribution >= 0.6 is 31.9 Å². The van der Waals surface area contributed by atoms with Gasteiger partial charge < -0.3 is 5.32 Å². The molecule has 0 aromatic heterocycles. The number of halogens is 2. The molecule has 0 aliphatic carbocycles. The zero-order valence-corrected chi connectivity index (χ0v) is 14.2. The first-order valence-electron chi connectivity index (χ1n) is 6.27. The molecule has 0 amide bonds. The molecule has 1 atom stereocenters. The van der Waals surface area contributed by atoms with E-state index in [-0.39, 0.29) is 6.04 Å². The highest BCUT2D eigenvalue weighted by molar-refractivity contribution is 9.13. The van der Waals surface area contributed by atoms with Crippen molar-refractivity contribution in [2.24, 2.45) is 0 Å². The Balaban J connectivity index is 1.99. The van der Waals surface area contributed by atoms with Gasteiger partial charge in [0.05, 0.1) is 11.6 Å². The molecule has 1 N–H and O–H groups in total. The van der Waals surface area contributed by atoms with Crippen molar-refractivity contribution in [1.29, 1.82) is 5.26 Å². The molecule has 0 aliphatic heterocycles. The van der Waals surface area contributed by atoms with E-state index >= 15 is 0 Å². The number of nitrogens with zero attached hydrogens (tertiary/aromatic N) is 1. The van der Waals surface area contributed by atoms with E-state index in [4.69, 9.17) is 5.26 Å². The monoisotopic (exact) mass is 392 g/mol. The zero-order valence-electron chi connectivity index (χ0n) is 11.0. The molecule has 102 valence electrons. The largest absolute Gasteiger partial charge is 0.306 e. The Labute approximate surface area is 136 Å². The molecule has 4 heteroatoms. The summed E-state index contributed by atoms with van der Waals surface area (Å²) in [5.74, 6) is 0. The number of hydrogen-bond donors (Lipinski definition) is 1. The van der Waals surface area contributed by atoms with Gasteiger partial charge in [-0.1, -0.05) is 18.2 Å². The number of rotatable bonds is 4. The summed E-state index contributed by atoms with van der Waals surface area (Å²) >= 11 is 6.97. The van der Waals surface area contributed by atoms with Gasteiger partial charge in [0, 0.05) is 21.5 Å². The van der Waals surface area contributed by atoms with Gasteiger partial charge in [-0.2, -0.15) is 5.26 Å². The van der Waals surface area contributed by atoms with Crippen molar-refractivity contribution in [3.8, 4) is 6.07 Å². The Kier molecular flexibility index (Phi) is 5.36. The average Bonchev–Trinajstić information content (AvgIpc) is 2.48. The Morgan fingerprint density at radius 3 is 2.40 bits per heavy atom. The Bertz CT molecular complexity index is 630. The average molecular weight is 394 g/mol. The van der Waals surface area contributed by atoms with E-state index in [1.54, 1.807) is 0 Å². The molecule has 0 aliphatic rings. The first-order chi connectivity index (χ1) is 9.60. The Morgan fingerprint density at radius 1 is 1.10 bits per heavy atom. The van der Waals surface area contributed by atoms with Gasteiger partial charge in [0.2, 0.25) is 0 Å². The summed E-state index contributed by atoms with van der Waals surface area (Å²) in [6.45, 7) is 2.92. The molecule has 2 aromatic carbocycles. The SMILES string of the molecule is CC(NCc1ccc(Br)c(Br)c1)c1ccc(C#N)cc1. The molecule has 0 saturated heterocycles. The zero-order chi connectivity index (χ0) is 14.5. The van der Waals surface area contributed by atoms with Crippen LogP contribution in [0.2, 0.25) is 0 Å². The summed E-state index contributed by atoms with van der Waals surface area (Å²) in [5, 5.41) is 12.3. The lowest BCUT2D eigenvalue weighted by Gasteiger charge is -2.14. The quantitative estimate of drug-likeness (QED) is 0.798. The smallest absolute Gasteiger partial charge is 0.0991 e. The van der Waals surface area contributed by atoms with Crippen LogP contribution in [0.3, 0.4) is 0 Å². The maximum absolute atomic E-state index is 8.79. The molecule has 0 heterocycles. The molecule has 2 rings (SSSR count). The minimum absolute atomic E-state index is 0.241. The third kappa shape index (κ3) is 3.92. The second kappa shape index (κ2) is 7.03. The first kappa shape index (κ1) is 15.2. The maximum atomic E-state index is 8.79. The Morgan fingerprint density at radius 2 is 1.80 bits per heavy atom. The third-order valence-electron chi connectivity index (χ3n) is 3.14.